The molecule has 0 spiro atoms. The monoisotopic (exact) mass is 222 g/mol. The minimum absolute atomic E-state index is 0.131. The van der Waals surface area contributed by atoms with Gasteiger partial charge in [-0.2, -0.15) is 9.98 Å². The van der Waals surface area contributed by atoms with Crippen molar-refractivity contribution in [1.29, 1.82) is 0 Å². The summed E-state index contributed by atoms with van der Waals surface area (Å²) in [5.74, 6) is 0.887. The first-order valence-electron chi connectivity index (χ1n) is 5.74. The molecule has 0 aromatic carbocycles. The summed E-state index contributed by atoms with van der Waals surface area (Å²) in [6, 6.07) is 0. The van der Waals surface area contributed by atoms with Gasteiger partial charge in [-0.05, 0) is 24.7 Å². The molecule has 0 amide bonds. The number of nitrogens with zero attached hydrogens (tertiary/aromatic N) is 2. The third kappa shape index (κ3) is 2.46. The topological polar surface area (TPSA) is 58.9 Å². The molecule has 2 atom stereocenters. The summed E-state index contributed by atoms with van der Waals surface area (Å²) in [5, 5.41) is 0. The number of hydrogen-bond donors (Lipinski definition) is 0. The Balaban J connectivity index is 3.14. The quantitative estimate of drug-likeness (QED) is 0.544. The molecule has 4 nitrogen and oxygen atoms in total. The maximum absolute atomic E-state index is 10.5. The standard InChI is InChI=1S/C12H18N2O2/c1-9(2)11-5-4-10(3)6-12(11,13-7-15)14-8-16/h9-11H,4-6H2,1-3H3. The highest BCUT2D eigenvalue weighted by Crippen LogP contribution is 2.44. The molecule has 16 heavy (non-hydrogen) atoms. The highest BCUT2D eigenvalue weighted by molar-refractivity contribution is 5.39. The Kier molecular flexibility index (Phi) is 4.17. The summed E-state index contributed by atoms with van der Waals surface area (Å²) in [4.78, 5) is 28.7. The summed E-state index contributed by atoms with van der Waals surface area (Å²) < 4.78 is 0. The van der Waals surface area contributed by atoms with E-state index < -0.39 is 5.66 Å². The molecule has 0 aliphatic heterocycles. The Morgan fingerprint density at radius 3 is 2.19 bits per heavy atom. The van der Waals surface area contributed by atoms with Gasteiger partial charge in [0.15, 0.2) is 5.66 Å². The lowest BCUT2D eigenvalue weighted by Crippen LogP contribution is -2.42. The van der Waals surface area contributed by atoms with Crippen molar-refractivity contribution >= 4 is 12.2 Å². The van der Waals surface area contributed by atoms with Crippen LogP contribution < -0.4 is 0 Å². The SMILES string of the molecule is CC1CCC(C(C)C)C(N=C=O)(N=C=O)C1. The summed E-state index contributed by atoms with van der Waals surface area (Å²) >= 11 is 0. The molecular formula is C12H18N2O2. The third-order valence-electron chi connectivity index (χ3n) is 3.50. The third-order valence-corrected chi connectivity index (χ3v) is 3.50. The maximum atomic E-state index is 10.5. The van der Waals surface area contributed by atoms with E-state index in [4.69, 9.17) is 0 Å². The van der Waals surface area contributed by atoms with Crippen LogP contribution in [-0.2, 0) is 9.59 Å². The summed E-state index contributed by atoms with van der Waals surface area (Å²) in [6.07, 6.45) is 5.81. The lowest BCUT2D eigenvalue weighted by molar-refractivity contribution is 0.118. The zero-order chi connectivity index (χ0) is 12.2. The molecule has 2 unspecified atom stereocenters. The van der Waals surface area contributed by atoms with Crippen LogP contribution in [0.1, 0.15) is 40.0 Å². The number of rotatable bonds is 3. The lowest BCUT2D eigenvalue weighted by Gasteiger charge is -2.40. The van der Waals surface area contributed by atoms with Crippen LogP contribution >= 0.6 is 0 Å². The molecule has 0 aromatic rings. The zero-order valence-electron chi connectivity index (χ0n) is 10.1. The van der Waals surface area contributed by atoms with Crippen LogP contribution in [0.15, 0.2) is 9.98 Å². The van der Waals surface area contributed by atoms with Crippen molar-refractivity contribution in [3.8, 4) is 0 Å². The molecule has 4 heteroatoms. The van der Waals surface area contributed by atoms with E-state index >= 15 is 0 Å². The largest absolute Gasteiger partial charge is 0.237 e. The Morgan fingerprint density at radius 1 is 1.19 bits per heavy atom. The van der Waals surface area contributed by atoms with Crippen LogP contribution in [0.2, 0.25) is 0 Å². The van der Waals surface area contributed by atoms with Crippen LogP contribution in [-0.4, -0.2) is 17.8 Å². The van der Waals surface area contributed by atoms with Gasteiger partial charge in [0.1, 0.15) is 0 Å². The smallest absolute Gasteiger partial charge is 0.211 e. The van der Waals surface area contributed by atoms with Gasteiger partial charge in [0.05, 0.1) is 0 Å². The first-order chi connectivity index (χ1) is 7.55. The fraction of sp³-hybridized carbons (Fsp3) is 0.833. The Labute approximate surface area is 95.9 Å². The molecule has 0 bridgehead atoms. The van der Waals surface area contributed by atoms with Crippen molar-refractivity contribution in [2.24, 2.45) is 27.7 Å². The molecular weight excluding hydrogens is 204 g/mol. The minimum Gasteiger partial charge on any atom is -0.211 e. The summed E-state index contributed by atoms with van der Waals surface area (Å²) in [7, 11) is 0. The number of aliphatic imine (C=N–C) groups is 2. The predicted octanol–water partition coefficient (Wildman–Crippen LogP) is 2.45. The van der Waals surface area contributed by atoms with Crippen molar-refractivity contribution in [2.45, 2.75) is 45.7 Å². The van der Waals surface area contributed by atoms with E-state index in [1.165, 1.54) is 0 Å². The van der Waals surface area contributed by atoms with Crippen molar-refractivity contribution < 1.29 is 9.59 Å². The van der Waals surface area contributed by atoms with E-state index in [0.717, 1.165) is 12.8 Å². The molecule has 1 aliphatic rings. The van der Waals surface area contributed by atoms with Crippen molar-refractivity contribution in [1.82, 2.24) is 0 Å². The van der Waals surface area contributed by atoms with Crippen LogP contribution in [0.5, 0.6) is 0 Å². The van der Waals surface area contributed by atoms with E-state index in [-0.39, 0.29) is 5.92 Å². The molecule has 0 radical (unpaired) electrons. The molecule has 0 heterocycles. The van der Waals surface area contributed by atoms with E-state index in [0.29, 0.717) is 18.3 Å². The molecule has 1 aliphatic carbocycles. The molecule has 0 saturated heterocycles. The second kappa shape index (κ2) is 5.20. The van der Waals surface area contributed by atoms with Crippen molar-refractivity contribution in [2.75, 3.05) is 0 Å². The van der Waals surface area contributed by atoms with Gasteiger partial charge in [0.25, 0.3) is 0 Å². The van der Waals surface area contributed by atoms with E-state index in [9.17, 15) is 9.59 Å². The van der Waals surface area contributed by atoms with Gasteiger partial charge in [-0.15, -0.1) is 0 Å². The van der Waals surface area contributed by atoms with Gasteiger partial charge < -0.3 is 0 Å². The number of hydrogen-bond acceptors (Lipinski definition) is 4. The second-order valence-corrected chi connectivity index (χ2v) is 5.02. The first-order valence-corrected chi connectivity index (χ1v) is 5.74. The zero-order valence-corrected chi connectivity index (χ0v) is 10.1. The molecule has 88 valence electrons. The van der Waals surface area contributed by atoms with Crippen LogP contribution in [0.25, 0.3) is 0 Å². The van der Waals surface area contributed by atoms with Crippen molar-refractivity contribution in [3.63, 3.8) is 0 Å². The van der Waals surface area contributed by atoms with Crippen LogP contribution in [0.4, 0.5) is 0 Å². The molecule has 1 rings (SSSR count). The minimum atomic E-state index is -0.907. The average molecular weight is 222 g/mol. The molecule has 1 saturated carbocycles. The fourth-order valence-electron chi connectivity index (χ4n) is 2.77. The Bertz CT molecular complexity index is 321. The summed E-state index contributed by atoms with van der Waals surface area (Å²) in [6.45, 7) is 6.22. The van der Waals surface area contributed by atoms with Gasteiger partial charge in [-0.3, -0.25) is 0 Å². The Hall–Kier alpha value is -1.24. The average Bonchev–Trinajstić information content (AvgIpc) is 2.17. The van der Waals surface area contributed by atoms with E-state index in [1.807, 2.05) is 0 Å². The highest BCUT2D eigenvalue weighted by atomic mass is 16.1. The fourth-order valence-corrected chi connectivity index (χ4v) is 2.77. The Morgan fingerprint density at radius 2 is 1.75 bits per heavy atom. The van der Waals surface area contributed by atoms with Crippen LogP contribution in [0, 0.1) is 17.8 Å². The normalized spacial score (nSPS) is 34.0. The first kappa shape index (κ1) is 12.8. The van der Waals surface area contributed by atoms with E-state index in [1.54, 1.807) is 12.2 Å². The molecule has 0 N–H and O–H groups in total. The maximum Gasteiger partial charge on any atom is 0.237 e. The van der Waals surface area contributed by atoms with Gasteiger partial charge in [-0.25, -0.2) is 9.59 Å². The molecule has 1 fully saturated rings. The number of isocyanates is 2. The highest BCUT2D eigenvalue weighted by Gasteiger charge is 2.44. The lowest BCUT2D eigenvalue weighted by atomic mass is 9.70. The van der Waals surface area contributed by atoms with Gasteiger partial charge >= 0.3 is 0 Å². The van der Waals surface area contributed by atoms with Crippen LogP contribution in [0.3, 0.4) is 0 Å². The second-order valence-electron chi connectivity index (χ2n) is 5.02. The van der Waals surface area contributed by atoms with Crippen molar-refractivity contribution in [3.05, 3.63) is 0 Å². The summed E-state index contributed by atoms with van der Waals surface area (Å²) in [5.41, 5.74) is -0.907. The van der Waals surface area contributed by atoms with Gasteiger partial charge in [0.2, 0.25) is 12.2 Å². The number of carbonyl (C=O) groups excluding carboxylic acids is 2. The van der Waals surface area contributed by atoms with E-state index in [2.05, 4.69) is 30.8 Å². The predicted molar refractivity (Wildman–Crippen MR) is 60.3 cm³/mol. The van der Waals surface area contributed by atoms with Gasteiger partial charge in [0, 0.05) is 5.92 Å². The molecule has 0 aromatic heterocycles. The van der Waals surface area contributed by atoms with Gasteiger partial charge in [-0.1, -0.05) is 27.2 Å².